The molecule has 1 aromatic heterocycles. The van der Waals surface area contributed by atoms with Crippen molar-refractivity contribution in [2.24, 2.45) is 4.99 Å². The monoisotopic (exact) mass is 514 g/mol. The zero-order valence-corrected chi connectivity index (χ0v) is 20.1. The van der Waals surface area contributed by atoms with Crippen molar-refractivity contribution in [2.75, 3.05) is 39.9 Å². The zero-order chi connectivity index (χ0) is 19.1. The van der Waals surface area contributed by atoms with E-state index < -0.39 is 0 Å². The number of aliphatic imine (C=N–C) groups is 1. The van der Waals surface area contributed by atoms with Gasteiger partial charge in [-0.1, -0.05) is 29.8 Å². The van der Waals surface area contributed by atoms with E-state index >= 15 is 0 Å². The maximum Gasteiger partial charge on any atom is 0.191 e. The Morgan fingerprint density at radius 2 is 1.82 bits per heavy atom. The summed E-state index contributed by atoms with van der Waals surface area (Å²) in [5, 5.41) is 6.94. The number of rotatable bonds is 6. The number of nitrogens with zero attached hydrogens (tertiary/aromatic N) is 2. The third kappa shape index (κ3) is 6.72. The quantitative estimate of drug-likeness (QED) is 0.351. The van der Waals surface area contributed by atoms with Crippen LogP contribution in [0.25, 0.3) is 0 Å². The summed E-state index contributed by atoms with van der Waals surface area (Å²) < 4.78 is 5.54. The molecule has 1 aromatic carbocycles. The van der Waals surface area contributed by atoms with Crippen LogP contribution in [0.2, 0.25) is 0 Å². The molecule has 0 radical (unpaired) electrons. The molecule has 1 atom stereocenters. The molecule has 0 saturated carbocycles. The highest BCUT2D eigenvalue weighted by atomic mass is 127. The first-order valence-electron chi connectivity index (χ1n) is 9.54. The first-order valence-corrected chi connectivity index (χ1v) is 10.4. The second-order valence-electron chi connectivity index (χ2n) is 6.90. The second-order valence-corrected chi connectivity index (χ2v) is 8.22. The summed E-state index contributed by atoms with van der Waals surface area (Å²) in [5.41, 5.74) is 2.53. The van der Waals surface area contributed by atoms with Gasteiger partial charge in [0, 0.05) is 43.0 Å². The van der Waals surface area contributed by atoms with E-state index in [1.54, 1.807) is 0 Å². The first kappa shape index (κ1) is 23.1. The lowest BCUT2D eigenvalue weighted by atomic mass is 10.1. The van der Waals surface area contributed by atoms with Crippen LogP contribution in [-0.2, 0) is 11.3 Å². The van der Waals surface area contributed by atoms with Crippen LogP contribution in [-0.4, -0.2) is 50.8 Å². The summed E-state index contributed by atoms with van der Waals surface area (Å²) in [5.74, 6) is 0.835. The average molecular weight is 514 g/mol. The molecule has 0 spiro atoms. The Morgan fingerprint density at radius 1 is 1.11 bits per heavy atom. The topological polar surface area (TPSA) is 48.9 Å². The Bertz CT molecular complexity index is 741. The zero-order valence-electron chi connectivity index (χ0n) is 16.9. The lowest BCUT2D eigenvalue weighted by Gasteiger charge is -2.34. The number of benzene rings is 1. The van der Waals surface area contributed by atoms with Gasteiger partial charge in [-0.3, -0.25) is 9.89 Å². The molecule has 28 heavy (non-hydrogen) atoms. The summed E-state index contributed by atoms with van der Waals surface area (Å²) in [6, 6.07) is 13.4. The Labute approximate surface area is 189 Å². The van der Waals surface area contributed by atoms with Gasteiger partial charge in [-0.05, 0) is 31.5 Å². The highest BCUT2D eigenvalue weighted by Gasteiger charge is 2.24. The van der Waals surface area contributed by atoms with Crippen LogP contribution >= 0.6 is 35.3 Å². The van der Waals surface area contributed by atoms with Gasteiger partial charge >= 0.3 is 0 Å². The number of hydrogen-bond acceptors (Lipinski definition) is 4. The third-order valence-corrected chi connectivity index (χ3v) is 5.94. The maximum atomic E-state index is 5.54. The number of ether oxygens (including phenoxy) is 1. The second kappa shape index (κ2) is 11.7. The van der Waals surface area contributed by atoms with E-state index in [2.05, 4.69) is 70.8 Å². The molecule has 2 heterocycles. The van der Waals surface area contributed by atoms with E-state index in [4.69, 9.17) is 4.74 Å². The van der Waals surface area contributed by atoms with Crippen molar-refractivity contribution in [2.45, 2.75) is 26.4 Å². The Morgan fingerprint density at radius 3 is 2.43 bits per heavy atom. The van der Waals surface area contributed by atoms with Crippen molar-refractivity contribution in [3.05, 3.63) is 57.3 Å². The van der Waals surface area contributed by atoms with Crippen molar-refractivity contribution >= 4 is 41.3 Å². The minimum atomic E-state index is 0. The molecule has 1 fully saturated rings. The van der Waals surface area contributed by atoms with Crippen LogP contribution < -0.4 is 10.6 Å². The minimum absolute atomic E-state index is 0. The summed E-state index contributed by atoms with van der Waals surface area (Å²) in [7, 11) is 1.82. The largest absolute Gasteiger partial charge is 0.379 e. The molecule has 5 nitrogen and oxygen atoms in total. The number of halogens is 1. The van der Waals surface area contributed by atoms with Gasteiger partial charge in [-0.15, -0.1) is 35.3 Å². The van der Waals surface area contributed by atoms with Crippen LogP contribution in [0.1, 0.15) is 26.9 Å². The Hall–Kier alpha value is -1.16. The van der Waals surface area contributed by atoms with Crippen LogP contribution in [0.4, 0.5) is 0 Å². The average Bonchev–Trinajstić information content (AvgIpc) is 3.12. The summed E-state index contributed by atoms with van der Waals surface area (Å²) in [6.07, 6.45) is 0. The predicted octanol–water partition coefficient (Wildman–Crippen LogP) is 3.72. The molecular weight excluding hydrogens is 483 g/mol. The summed E-state index contributed by atoms with van der Waals surface area (Å²) in [6.45, 7) is 9.42. The summed E-state index contributed by atoms with van der Waals surface area (Å²) >= 11 is 1.88. The lowest BCUT2D eigenvalue weighted by Crippen LogP contribution is -2.46. The maximum absolute atomic E-state index is 5.54. The van der Waals surface area contributed by atoms with Crippen LogP contribution in [0.5, 0.6) is 0 Å². The van der Waals surface area contributed by atoms with Gasteiger partial charge in [-0.2, -0.15) is 0 Å². The number of nitrogens with one attached hydrogen (secondary N) is 2. The number of thiophene rings is 1. The molecule has 1 aliphatic rings. The highest BCUT2D eigenvalue weighted by molar-refractivity contribution is 14.0. The SMILES string of the molecule is CN=C(NCc1ccc(C)cc1)NCC(c1ccc(C)s1)N1CCOCC1.I. The van der Waals surface area contributed by atoms with Gasteiger partial charge in [0.15, 0.2) is 5.96 Å². The normalized spacial score (nSPS) is 16.3. The number of guanidine groups is 1. The molecule has 3 rings (SSSR count). The number of hydrogen-bond donors (Lipinski definition) is 2. The third-order valence-electron chi connectivity index (χ3n) is 4.84. The highest BCUT2D eigenvalue weighted by Crippen LogP contribution is 2.27. The molecule has 0 aliphatic carbocycles. The van der Waals surface area contributed by atoms with Crippen LogP contribution in [0, 0.1) is 13.8 Å². The van der Waals surface area contributed by atoms with E-state index in [1.807, 2.05) is 18.4 Å². The minimum Gasteiger partial charge on any atom is -0.379 e. The van der Waals surface area contributed by atoms with Crippen molar-refractivity contribution < 1.29 is 4.74 Å². The molecule has 1 unspecified atom stereocenters. The van der Waals surface area contributed by atoms with Crippen molar-refractivity contribution in [3.8, 4) is 0 Å². The van der Waals surface area contributed by atoms with Gasteiger partial charge in [0.2, 0.25) is 0 Å². The van der Waals surface area contributed by atoms with Gasteiger partial charge in [0.25, 0.3) is 0 Å². The lowest BCUT2D eigenvalue weighted by molar-refractivity contribution is 0.0177. The fourth-order valence-corrected chi connectivity index (χ4v) is 4.25. The molecule has 154 valence electrons. The molecule has 0 amide bonds. The van der Waals surface area contributed by atoms with Gasteiger partial charge in [-0.25, -0.2) is 0 Å². The fraction of sp³-hybridized carbons (Fsp3) is 0.476. The van der Waals surface area contributed by atoms with E-state index in [9.17, 15) is 0 Å². The molecule has 2 N–H and O–H groups in total. The van der Waals surface area contributed by atoms with E-state index in [0.29, 0.717) is 6.04 Å². The van der Waals surface area contributed by atoms with E-state index in [-0.39, 0.29) is 24.0 Å². The molecule has 7 heteroatoms. The van der Waals surface area contributed by atoms with E-state index in [0.717, 1.165) is 45.4 Å². The molecule has 1 aliphatic heterocycles. The van der Waals surface area contributed by atoms with Gasteiger partial charge in [0.1, 0.15) is 0 Å². The van der Waals surface area contributed by atoms with Crippen molar-refractivity contribution in [1.29, 1.82) is 0 Å². The summed E-state index contributed by atoms with van der Waals surface area (Å²) in [4.78, 5) is 9.65. The first-order chi connectivity index (χ1) is 13.2. The van der Waals surface area contributed by atoms with Gasteiger partial charge in [0.05, 0.1) is 19.3 Å². The fourth-order valence-electron chi connectivity index (χ4n) is 3.24. The smallest absolute Gasteiger partial charge is 0.191 e. The molecule has 0 bridgehead atoms. The number of morpholine rings is 1. The van der Waals surface area contributed by atoms with Crippen LogP contribution in [0.3, 0.4) is 0 Å². The molecular formula is C21H31IN4OS. The van der Waals surface area contributed by atoms with E-state index in [1.165, 1.54) is 20.9 Å². The van der Waals surface area contributed by atoms with Gasteiger partial charge < -0.3 is 15.4 Å². The number of aryl methyl sites for hydroxylation is 2. The molecule has 1 saturated heterocycles. The molecule has 2 aromatic rings. The van der Waals surface area contributed by atoms with Crippen molar-refractivity contribution in [1.82, 2.24) is 15.5 Å². The Balaban J connectivity index is 0.00000280. The standard InChI is InChI=1S/C21H30N4OS.HI/c1-16-4-7-18(8-5-16)14-23-21(22-3)24-15-19(20-9-6-17(2)27-20)25-10-12-26-13-11-25;/h4-9,19H,10-15H2,1-3H3,(H2,22,23,24);1H. The van der Waals surface area contributed by atoms with Crippen LogP contribution in [0.15, 0.2) is 41.4 Å². The predicted molar refractivity (Wildman–Crippen MR) is 129 cm³/mol. The Kier molecular flexibility index (Phi) is 9.70. The van der Waals surface area contributed by atoms with Crippen molar-refractivity contribution in [3.63, 3.8) is 0 Å².